The summed E-state index contributed by atoms with van der Waals surface area (Å²) >= 11 is 0. The van der Waals surface area contributed by atoms with Gasteiger partial charge in [0, 0.05) is 32.7 Å². The normalized spacial score (nSPS) is 20.0. The smallest absolute Gasteiger partial charge is 0.317 e. The van der Waals surface area contributed by atoms with Gasteiger partial charge in [-0.3, -0.25) is 9.59 Å². The summed E-state index contributed by atoms with van der Waals surface area (Å²) in [5.74, 6) is -0.134. The molecule has 0 bridgehead atoms. The third-order valence-corrected chi connectivity index (χ3v) is 5.45. The molecule has 158 valence electrons. The number of rotatable bonds is 5. The van der Waals surface area contributed by atoms with E-state index in [1.807, 2.05) is 0 Å². The zero-order chi connectivity index (χ0) is 21.0. The van der Waals surface area contributed by atoms with Gasteiger partial charge in [0.1, 0.15) is 18.4 Å². The van der Waals surface area contributed by atoms with Gasteiger partial charge in [-0.05, 0) is 36.5 Å². The fourth-order valence-corrected chi connectivity index (χ4v) is 3.80. The second-order valence-electron chi connectivity index (χ2n) is 8.12. The van der Waals surface area contributed by atoms with Crippen molar-refractivity contribution in [3.8, 4) is 0 Å². The topological polar surface area (TPSA) is 73.0 Å². The molecule has 0 aliphatic carbocycles. The zero-order valence-electron chi connectivity index (χ0n) is 17.1. The van der Waals surface area contributed by atoms with E-state index in [-0.39, 0.29) is 36.8 Å². The van der Waals surface area contributed by atoms with Gasteiger partial charge >= 0.3 is 6.03 Å². The summed E-state index contributed by atoms with van der Waals surface area (Å²) in [4.78, 5) is 42.8. The van der Waals surface area contributed by atoms with Gasteiger partial charge in [0.2, 0.25) is 11.8 Å². The maximum Gasteiger partial charge on any atom is 0.317 e. The van der Waals surface area contributed by atoms with Crippen LogP contribution in [0.15, 0.2) is 24.3 Å². The van der Waals surface area contributed by atoms with E-state index in [9.17, 15) is 18.8 Å². The van der Waals surface area contributed by atoms with Crippen LogP contribution >= 0.6 is 0 Å². The average Bonchev–Trinajstić information content (AvgIpc) is 2.89. The maximum absolute atomic E-state index is 13.4. The summed E-state index contributed by atoms with van der Waals surface area (Å²) in [6.45, 7) is 6.17. The number of carbonyl (C=O) groups excluding carboxylic acids is 3. The molecule has 2 aliphatic rings. The van der Waals surface area contributed by atoms with E-state index < -0.39 is 6.04 Å². The highest BCUT2D eigenvalue weighted by Gasteiger charge is 2.41. The lowest BCUT2D eigenvalue weighted by atomic mass is 10.1. The molecule has 1 aromatic rings. The van der Waals surface area contributed by atoms with Crippen LogP contribution in [0.25, 0.3) is 0 Å². The molecule has 0 saturated carbocycles. The first-order valence-corrected chi connectivity index (χ1v) is 10.2. The van der Waals surface area contributed by atoms with Crippen molar-refractivity contribution in [3.05, 3.63) is 35.6 Å². The minimum Gasteiger partial charge on any atom is -0.338 e. The Hall–Kier alpha value is -2.64. The number of halogens is 1. The minimum atomic E-state index is -0.571. The second-order valence-corrected chi connectivity index (χ2v) is 8.12. The molecular weight excluding hydrogens is 375 g/mol. The van der Waals surface area contributed by atoms with E-state index in [0.717, 1.165) is 6.42 Å². The Bertz CT molecular complexity index is 770. The largest absolute Gasteiger partial charge is 0.338 e. The first kappa shape index (κ1) is 21.1. The molecule has 7 nitrogen and oxygen atoms in total. The van der Waals surface area contributed by atoms with E-state index >= 15 is 0 Å². The monoisotopic (exact) mass is 404 g/mol. The summed E-state index contributed by atoms with van der Waals surface area (Å²) in [7, 11) is 0. The van der Waals surface area contributed by atoms with Gasteiger partial charge in [-0.15, -0.1) is 0 Å². The number of nitrogens with one attached hydrogen (secondary N) is 1. The summed E-state index contributed by atoms with van der Waals surface area (Å²) in [6, 6.07) is 5.33. The Morgan fingerprint density at radius 1 is 1.24 bits per heavy atom. The van der Waals surface area contributed by atoms with Gasteiger partial charge in [0.25, 0.3) is 0 Å². The number of piperazine rings is 1. The van der Waals surface area contributed by atoms with Crippen LogP contribution in [0.5, 0.6) is 0 Å². The summed E-state index contributed by atoms with van der Waals surface area (Å²) < 4.78 is 13.4. The fourth-order valence-electron chi connectivity index (χ4n) is 3.80. The van der Waals surface area contributed by atoms with Gasteiger partial charge in [-0.2, -0.15) is 0 Å². The highest BCUT2D eigenvalue weighted by Crippen LogP contribution is 2.21. The highest BCUT2D eigenvalue weighted by atomic mass is 19.1. The van der Waals surface area contributed by atoms with E-state index in [1.165, 1.54) is 17.0 Å². The van der Waals surface area contributed by atoms with Crippen LogP contribution in [0.1, 0.15) is 32.3 Å². The number of urea groups is 1. The van der Waals surface area contributed by atoms with Crippen molar-refractivity contribution in [2.45, 2.75) is 39.3 Å². The summed E-state index contributed by atoms with van der Waals surface area (Å²) in [5.41, 5.74) is 0.652. The molecule has 29 heavy (non-hydrogen) atoms. The third kappa shape index (κ3) is 5.25. The molecule has 2 saturated heterocycles. The van der Waals surface area contributed by atoms with Crippen LogP contribution in [0.3, 0.4) is 0 Å². The molecule has 0 spiro atoms. The van der Waals surface area contributed by atoms with Gasteiger partial charge < -0.3 is 20.0 Å². The first-order chi connectivity index (χ1) is 13.8. The van der Waals surface area contributed by atoms with Gasteiger partial charge in [-0.1, -0.05) is 26.0 Å². The minimum absolute atomic E-state index is 0.0214. The SMILES string of the molecule is CC(C)CCNC(=O)N1CCC2C(=O)N(Cc3cccc(F)c3)CC(=O)N2CC1. The maximum atomic E-state index is 13.4. The fraction of sp³-hybridized carbons (Fsp3) is 0.571. The molecule has 0 radical (unpaired) electrons. The van der Waals surface area contributed by atoms with Crippen LogP contribution in [-0.2, 0) is 16.1 Å². The van der Waals surface area contributed by atoms with Crippen LogP contribution in [0.4, 0.5) is 9.18 Å². The molecule has 2 fully saturated rings. The predicted molar refractivity (Wildman–Crippen MR) is 106 cm³/mol. The second kappa shape index (κ2) is 9.24. The number of amides is 4. The molecule has 1 aromatic carbocycles. The molecule has 1 atom stereocenters. The predicted octanol–water partition coefficient (Wildman–Crippen LogP) is 1.83. The Balaban J connectivity index is 1.62. The van der Waals surface area contributed by atoms with Gasteiger partial charge in [0.05, 0.1) is 0 Å². The van der Waals surface area contributed by atoms with Crippen molar-refractivity contribution >= 4 is 17.8 Å². The highest BCUT2D eigenvalue weighted by molar-refractivity contribution is 5.95. The number of benzene rings is 1. The van der Waals surface area contributed by atoms with E-state index in [2.05, 4.69) is 19.2 Å². The van der Waals surface area contributed by atoms with Crippen LogP contribution in [0, 0.1) is 11.7 Å². The van der Waals surface area contributed by atoms with Crippen LogP contribution < -0.4 is 5.32 Å². The molecule has 4 amide bonds. The number of fused-ring (bicyclic) bond motifs is 1. The molecular formula is C21H29FN4O3. The van der Waals surface area contributed by atoms with Crippen molar-refractivity contribution in [1.82, 2.24) is 20.0 Å². The molecule has 8 heteroatoms. The third-order valence-electron chi connectivity index (χ3n) is 5.45. The Morgan fingerprint density at radius 3 is 2.76 bits per heavy atom. The molecule has 0 aromatic heterocycles. The molecule has 2 aliphatic heterocycles. The Morgan fingerprint density at radius 2 is 2.03 bits per heavy atom. The van der Waals surface area contributed by atoms with Crippen molar-refractivity contribution in [1.29, 1.82) is 0 Å². The Labute approximate surface area is 170 Å². The average molecular weight is 404 g/mol. The number of carbonyl (C=O) groups is 3. The van der Waals surface area contributed by atoms with Gasteiger partial charge in [0.15, 0.2) is 0 Å². The standard InChI is InChI=1S/C21H29FN4O3/c1-15(2)6-8-23-21(29)24-9-7-18-20(28)25(14-19(27)26(18)11-10-24)13-16-4-3-5-17(22)12-16/h3-5,12,15,18H,6-11,13-14H2,1-2H3,(H,23,29). The van der Waals surface area contributed by atoms with Gasteiger partial charge in [-0.25, -0.2) is 9.18 Å². The number of hydrogen-bond donors (Lipinski definition) is 1. The Kier molecular flexibility index (Phi) is 6.71. The lowest BCUT2D eigenvalue weighted by Crippen LogP contribution is -2.59. The summed E-state index contributed by atoms with van der Waals surface area (Å²) in [6.07, 6.45) is 1.31. The lowest BCUT2D eigenvalue weighted by Gasteiger charge is -2.39. The van der Waals surface area contributed by atoms with Crippen molar-refractivity contribution in [3.63, 3.8) is 0 Å². The molecule has 1 N–H and O–H groups in total. The van der Waals surface area contributed by atoms with Crippen molar-refractivity contribution in [2.24, 2.45) is 5.92 Å². The van der Waals surface area contributed by atoms with Crippen LogP contribution in [0.2, 0.25) is 0 Å². The molecule has 3 rings (SSSR count). The molecule has 1 unspecified atom stereocenters. The number of hydrogen-bond acceptors (Lipinski definition) is 3. The zero-order valence-corrected chi connectivity index (χ0v) is 17.1. The molecule has 2 heterocycles. The van der Waals surface area contributed by atoms with Crippen molar-refractivity contribution < 1.29 is 18.8 Å². The lowest BCUT2D eigenvalue weighted by molar-refractivity contribution is -0.156. The van der Waals surface area contributed by atoms with E-state index in [4.69, 9.17) is 0 Å². The van der Waals surface area contributed by atoms with E-state index in [1.54, 1.807) is 21.9 Å². The number of nitrogens with zero attached hydrogens (tertiary/aromatic N) is 3. The first-order valence-electron chi connectivity index (χ1n) is 10.2. The quantitative estimate of drug-likeness (QED) is 0.814. The van der Waals surface area contributed by atoms with Crippen LogP contribution in [-0.4, -0.2) is 71.3 Å². The van der Waals surface area contributed by atoms with E-state index in [0.29, 0.717) is 44.1 Å². The summed E-state index contributed by atoms with van der Waals surface area (Å²) in [5, 5.41) is 2.91. The van der Waals surface area contributed by atoms with Crippen molar-refractivity contribution in [2.75, 3.05) is 32.7 Å².